The van der Waals surface area contributed by atoms with Gasteiger partial charge in [0.2, 0.25) is 0 Å². The summed E-state index contributed by atoms with van der Waals surface area (Å²) in [4.78, 5) is 10.4. The standard InChI is InChI=1S/C13H18FN5/c1-18(8-13(14)5-3-4-6-13)11-10-7-17-19(2)12(10)16-9-15-11/h7,9H,3-6,8H2,1-2H3. The number of hydrogen-bond acceptors (Lipinski definition) is 4. The molecule has 0 aromatic carbocycles. The van der Waals surface area contributed by atoms with Crippen LogP contribution in [0.4, 0.5) is 10.2 Å². The van der Waals surface area contributed by atoms with Crippen molar-refractivity contribution in [3.8, 4) is 0 Å². The minimum absolute atomic E-state index is 0.383. The van der Waals surface area contributed by atoms with Crippen molar-refractivity contribution in [2.45, 2.75) is 31.4 Å². The number of aromatic nitrogens is 4. The Bertz CT molecular complexity index is 588. The molecule has 1 fully saturated rings. The average molecular weight is 263 g/mol. The summed E-state index contributed by atoms with van der Waals surface area (Å²) >= 11 is 0. The summed E-state index contributed by atoms with van der Waals surface area (Å²) in [7, 11) is 3.72. The highest BCUT2D eigenvalue weighted by Crippen LogP contribution is 2.35. The van der Waals surface area contributed by atoms with Crippen molar-refractivity contribution in [2.75, 3.05) is 18.5 Å². The maximum absolute atomic E-state index is 14.5. The van der Waals surface area contributed by atoms with E-state index in [1.165, 1.54) is 6.33 Å². The zero-order chi connectivity index (χ0) is 13.5. The predicted octanol–water partition coefficient (Wildman–Crippen LogP) is 2.08. The van der Waals surface area contributed by atoms with E-state index in [0.29, 0.717) is 19.4 Å². The molecular weight excluding hydrogens is 245 g/mol. The maximum atomic E-state index is 14.5. The number of anilines is 1. The minimum atomic E-state index is -1.08. The van der Waals surface area contributed by atoms with E-state index in [0.717, 1.165) is 29.7 Å². The Morgan fingerprint density at radius 3 is 2.84 bits per heavy atom. The van der Waals surface area contributed by atoms with Crippen LogP contribution in [0.5, 0.6) is 0 Å². The maximum Gasteiger partial charge on any atom is 0.163 e. The molecule has 0 spiro atoms. The second-order valence-electron chi connectivity index (χ2n) is 5.42. The van der Waals surface area contributed by atoms with E-state index < -0.39 is 5.67 Å². The molecular formula is C13H18FN5. The normalized spacial score (nSPS) is 18.1. The average Bonchev–Trinajstić information content (AvgIpc) is 2.97. The quantitative estimate of drug-likeness (QED) is 0.850. The number of halogens is 1. The van der Waals surface area contributed by atoms with E-state index in [2.05, 4.69) is 15.1 Å². The Hall–Kier alpha value is -1.72. The Morgan fingerprint density at radius 1 is 1.37 bits per heavy atom. The molecule has 1 saturated carbocycles. The van der Waals surface area contributed by atoms with Crippen LogP contribution in [-0.2, 0) is 7.05 Å². The van der Waals surface area contributed by atoms with Crippen molar-refractivity contribution >= 4 is 16.9 Å². The fourth-order valence-corrected chi connectivity index (χ4v) is 2.92. The number of alkyl halides is 1. The smallest absolute Gasteiger partial charge is 0.163 e. The lowest BCUT2D eigenvalue weighted by atomic mass is 10.0. The van der Waals surface area contributed by atoms with Crippen molar-refractivity contribution in [2.24, 2.45) is 7.05 Å². The Balaban J connectivity index is 1.91. The number of aryl methyl sites for hydroxylation is 1. The van der Waals surface area contributed by atoms with E-state index in [4.69, 9.17) is 0 Å². The lowest BCUT2D eigenvalue weighted by Crippen LogP contribution is -2.36. The fourth-order valence-electron chi connectivity index (χ4n) is 2.92. The van der Waals surface area contributed by atoms with Gasteiger partial charge in [0.05, 0.1) is 18.1 Å². The second-order valence-corrected chi connectivity index (χ2v) is 5.42. The lowest BCUT2D eigenvalue weighted by molar-refractivity contribution is 0.181. The van der Waals surface area contributed by atoms with Gasteiger partial charge in [0.25, 0.3) is 0 Å². The van der Waals surface area contributed by atoms with E-state index >= 15 is 0 Å². The SMILES string of the molecule is CN(CC1(F)CCCC1)c1ncnc2c1cnn2C. The van der Waals surface area contributed by atoms with Crippen LogP contribution in [0.3, 0.4) is 0 Å². The molecule has 19 heavy (non-hydrogen) atoms. The van der Waals surface area contributed by atoms with Crippen LogP contribution in [0.15, 0.2) is 12.5 Å². The van der Waals surface area contributed by atoms with Crippen LogP contribution in [0, 0.1) is 0 Å². The summed E-state index contributed by atoms with van der Waals surface area (Å²) in [5.41, 5.74) is -0.301. The van der Waals surface area contributed by atoms with Crippen LogP contribution >= 0.6 is 0 Å². The van der Waals surface area contributed by atoms with Gasteiger partial charge < -0.3 is 4.90 Å². The number of nitrogens with zero attached hydrogens (tertiary/aromatic N) is 5. The number of fused-ring (bicyclic) bond motifs is 1. The summed E-state index contributed by atoms with van der Waals surface area (Å²) in [6.07, 6.45) is 6.51. The molecule has 2 aromatic rings. The van der Waals surface area contributed by atoms with E-state index in [-0.39, 0.29) is 0 Å². The highest BCUT2D eigenvalue weighted by molar-refractivity contribution is 5.86. The third-order valence-electron chi connectivity index (χ3n) is 3.89. The summed E-state index contributed by atoms with van der Waals surface area (Å²) in [6, 6.07) is 0. The van der Waals surface area contributed by atoms with Crippen LogP contribution in [0.2, 0.25) is 0 Å². The molecule has 0 aliphatic heterocycles. The van der Waals surface area contributed by atoms with Gasteiger partial charge >= 0.3 is 0 Å². The van der Waals surface area contributed by atoms with E-state index in [9.17, 15) is 4.39 Å². The molecule has 102 valence electrons. The summed E-state index contributed by atoms with van der Waals surface area (Å²) in [5.74, 6) is 0.752. The molecule has 3 rings (SSSR count). The molecule has 2 heterocycles. The Labute approximate surface area is 111 Å². The first kappa shape index (κ1) is 12.3. The molecule has 5 nitrogen and oxygen atoms in total. The largest absolute Gasteiger partial charge is 0.356 e. The molecule has 0 radical (unpaired) electrons. The van der Waals surface area contributed by atoms with Crippen LogP contribution in [0.25, 0.3) is 11.0 Å². The van der Waals surface area contributed by atoms with Gasteiger partial charge in [0.1, 0.15) is 17.8 Å². The van der Waals surface area contributed by atoms with Crippen molar-refractivity contribution in [3.63, 3.8) is 0 Å². The molecule has 1 aliphatic rings. The van der Waals surface area contributed by atoms with Crippen molar-refractivity contribution in [1.82, 2.24) is 19.7 Å². The molecule has 1 aliphatic carbocycles. The molecule has 0 N–H and O–H groups in total. The number of hydrogen-bond donors (Lipinski definition) is 0. The van der Waals surface area contributed by atoms with Gasteiger partial charge in [0.15, 0.2) is 5.65 Å². The summed E-state index contributed by atoms with van der Waals surface area (Å²) in [5, 5.41) is 5.05. The van der Waals surface area contributed by atoms with Gasteiger partial charge in [0, 0.05) is 14.1 Å². The van der Waals surface area contributed by atoms with Gasteiger partial charge in [-0.25, -0.2) is 14.4 Å². The fraction of sp³-hybridized carbons (Fsp3) is 0.615. The van der Waals surface area contributed by atoms with Crippen molar-refractivity contribution in [1.29, 1.82) is 0 Å². The number of rotatable bonds is 3. The van der Waals surface area contributed by atoms with E-state index in [1.807, 2.05) is 19.0 Å². The monoisotopic (exact) mass is 263 g/mol. The van der Waals surface area contributed by atoms with Gasteiger partial charge in [-0.05, 0) is 12.8 Å². The molecule has 0 unspecified atom stereocenters. The van der Waals surface area contributed by atoms with Crippen molar-refractivity contribution < 1.29 is 4.39 Å². The zero-order valence-corrected chi connectivity index (χ0v) is 11.3. The molecule has 6 heteroatoms. The minimum Gasteiger partial charge on any atom is -0.356 e. The van der Waals surface area contributed by atoms with Gasteiger partial charge in [-0.15, -0.1) is 0 Å². The summed E-state index contributed by atoms with van der Waals surface area (Å²) < 4.78 is 16.3. The Morgan fingerprint density at radius 2 is 2.11 bits per heavy atom. The highest BCUT2D eigenvalue weighted by Gasteiger charge is 2.35. The third-order valence-corrected chi connectivity index (χ3v) is 3.89. The Kier molecular flexibility index (Phi) is 2.88. The van der Waals surface area contributed by atoms with Gasteiger partial charge in [-0.2, -0.15) is 5.10 Å². The highest BCUT2D eigenvalue weighted by atomic mass is 19.1. The van der Waals surface area contributed by atoms with Crippen LogP contribution in [0.1, 0.15) is 25.7 Å². The van der Waals surface area contributed by atoms with Crippen LogP contribution < -0.4 is 4.90 Å². The topological polar surface area (TPSA) is 46.8 Å². The molecule has 0 amide bonds. The molecule has 2 aromatic heterocycles. The summed E-state index contributed by atoms with van der Waals surface area (Å²) in [6.45, 7) is 0.383. The lowest BCUT2D eigenvalue weighted by Gasteiger charge is -2.27. The second kappa shape index (κ2) is 4.43. The van der Waals surface area contributed by atoms with Gasteiger partial charge in [-0.1, -0.05) is 12.8 Å². The third kappa shape index (κ3) is 2.15. The van der Waals surface area contributed by atoms with Crippen molar-refractivity contribution in [3.05, 3.63) is 12.5 Å². The molecule has 0 saturated heterocycles. The predicted molar refractivity (Wildman–Crippen MR) is 71.9 cm³/mol. The van der Waals surface area contributed by atoms with Crippen LogP contribution in [-0.4, -0.2) is 39.0 Å². The molecule has 0 atom stereocenters. The first-order chi connectivity index (χ1) is 9.09. The first-order valence-electron chi connectivity index (χ1n) is 6.62. The first-order valence-corrected chi connectivity index (χ1v) is 6.62. The van der Waals surface area contributed by atoms with E-state index in [1.54, 1.807) is 10.9 Å². The zero-order valence-electron chi connectivity index (χ0n) is 11.3. The van der Waals surface area contributed by atoms with Gasteiger partial charge in [-0.3, -0.25) is 4.68 Å². The molecule has 0 bridgehead atoms.